The Hall–Kier alpha value is -2.27. The van der Waals surface area contributed by atoms with Gasteiger partial charge in [0.2, 0.25) is 5.91 Å². The largest absolute Gasteiger partial charge is 0.427 e. The molecule has 0 radical (unpaired) electrons. The Morgan fingerprint density at radius 3 is 2.27 bits per heavy atom. The van der Waals surface area contributed by atoms with Gasteiger partial charge in [-0.2, -0.15) is 0 Å². The molecule has 0 aliphatic heterocycles. The van der Waals surface area contributed by atoms with Crippen LogP contribution in [0.25, 0.3) is 0 Å². The number of benzene rings is 2. The van der Waals surface area contributed by atoms with Crippen LogP contribution in [0.4, 0.5) is 5.69 Å². The number of anilines is 1. The number of amides is 1. The lowest BCUT2D eigenvalue weighted by molar-refractivity contribution is -0.131. The number of nitrogens with one attached hydrogen (secondary N) is 1. The number of hydrogen-bond donors (Lipinski definition) is 1. The second-order valence-corrected chi connectivity index (χ2v) is 5.94. The first-order chi connectivity index (χ1) is 10.4. The third kappa shape index (κ3) is 4.63. The monoisotopic (exact) mass is 315 g/mol. The van der Waals surface area contributed by atoms with Crippen molar-refractivity contribution < 1.29 is 14.3 Å². The van der Waals surface area contributed by atoms with Crippen LogP contribution in [-0.2, 0) is 9.59 Å². The summed E-state index contributed by atoms with van der Waals surface area (Å²) >= 11 is 1.62. The molecular formula is C17H17NO3S. The molecule has 0 bridgehead atoms. The first kappa shape index (κ1) is 16.1. The molecule has 4 nitrogen and oxygen atoms in total. The van der Waals surface area contributed by atoms with E-state index in [1.165, 1.54) is 13.8 Å². The first-order valence-corrected chi connectivity index (χ1v) is 7.60. The Morgan fingerprint density at radius 2 is 1.73 bits per heavy atom. The fourth-order valence-electron chi connectivity index (χ4n) is 1.90. The predicted octanol–water partition coefficient (Wildman–Crippen LogP) is 4.03. The van der Waals surface area contributed by atoms with Gasteiger partial charge in [0.15, 0.2) is 0 Å². The van der Waals surface area contributed by atoms with Gasteiger partial charge < -0.3 is 10.1 Å². The maximum atomic E-state index is 11.0. The highest BCUT2D eigenvalue weighted by Gasteiger charge is 2.05. The molecule has 0 spiro atoms. The normalized spacial score (nSPS) is 10.1. The van der Waals surface area contributed by atoms with E-state index in [1.54, 1.807) is 17.8 Å². The van der Waals surface area contributed by atoms with Gasteiger partial charge in [-0.1, -0.05) is 11.8 Å². The van der Waals surface area contributed by atoms with E-state index < -0.39 is 0 Å². The van der Waals surface area contributed by atoms with Gasteiger partial charge in [-0.25, -0.2) is 0 Å². The molecule has 2 aromatic rings. The highest BCUT2D eigenvalue weighted by Crippen LogP contribution is 2.32. The van der Waals surface area contributed by atoms with E-state index in [4.69, 9.17) is 4.74 Å². The van der Waals surface area contributed by atoms with Gasteiger partial charge in [0.25, 0.3) is 0 Å². The van der Waals surface area contributed by atoms with Crippen LogP contribution >= 0.6 is 11.8 Å². The van der Waals surface area contributed by atoms with Crippen LogP contribution < -0.4 is 10.1 Å². The Bertz CT molecular complexity index is 696. The van der Waals surface area contributed by atoms with Crippen LogP contribution in [0, 0.1) is 6.92 Å². The smallest absolute Gasteiger partial charge is 0.308 e. The van der Waals surface area contributed by atoms with E-state index in [2.05, 4.69) is 5.32 Å². The summed E-state index contributed by atoms with van der Waals surface area (Å²) in [5.74, 6) is 0.140. The first-order valence-electron chi connectivity index (χ1n) is 6.78. The molecule has 0 heterocycles. The lowest BCUT2D eigenvalue weighted by Gasteiger charge is -2.09. The molecule has 0 aliphatic rings. The molecule has 1 amide bonds. The van der Waals surface area contributed by atoms with E-state index in [0.717, 1.165) is 21.0 Å². The summed E-state index contributed by atoms with van der Waals surface area (Å²) in [5.41, 5.74) is 1.81. The number of aryl methyl sites for hydroxylation is 1. The highest BCUT2D eigenvalue weighted by atomic mass is 32.2. The lowest BCUT2D eigenvalue weighted by Crippen LogP contribution is -2.05. The fourth-order valence-corrected chi connectivity index (χ4v) is 2.78. The van der Waals surface area contributed by atoms with Gasteiger partial charge in [-0.3, -0.25) is 9.59 Å². The molecule has 1 N–H and O–H groups in total. The van der Waals surface area contributed by atoms with Gasteiger partial charge in [0.1, 0.15) is 5.75 Å². The summed E-state index contributed by atoms with van der Waals surface area (Å²) in [5, 5.41) is 2.74. The predicted molar refractivity (Wildman–Crippen MR) is 87.4 cm³/mol. The summed E-state index contributed by atoms with van der Waals surface area (Å²) in [4.78, 5) is 24.1. The zero-order chi connectivity index (χ0) is 16.1. The Kier molecular flexibility index (Phi) is 5.22. The third-order valence-electron chi connectivity index (χ3n) is 2.81. The van der Waals surface area contributed by atoms with Crippen molar-refractivity contribution in [1.29, 1.82) is 0 Å². The van der Waals surface area contributed by atoms with Gasteiger partial charge >= 0.3 is 5.97 Å². The molecule has 0 saturated carbocycles. The van der Waals surface area contributed by atoms with E-state index in [-0.39, 0.29) is 11.9 Å². The minimum Gasteiger partial charge on any atom is -0.427 e. The van der Waals surface area contributed by atoms with Crippen molar-refractivity contribution in [2.75, 3.05) is 5.32 Å². The highest BCUT2D eigenvalue weighted by molar-refractivity contribution is 7.99. The second kappa shape index (κ2) is 7.13. The molecular weight excluding hydrogens is 298 g/mol. The average Bonchev–Trinajstić information content (AvgIpc) is 2.42. The molecule has 5 heteroatoms. The number of carbonyl (C=O) groups is 2. The van der Waals surface area contributed by atoms with Crippen molar-refractivity contribution in [2.45, 2.75) is 30.6 Å². The van der Waals surface area contributed by atoms with E-state index in [1.807, 2.05) is 43.3 Å². The molecule has 0 atom stereocenters. The number of carbonyl (C=O) groups excluding carboxylic acids is 2. The average molecular weight is 315 g/mol. The molecule has 22 heavy (non-hydrogen) atoms. The van der Waals surface area contributed by atoms with Crippen LogP contribution in [0.15, 0.2) is 52.3 Å². The Morgan fingerprint density at radius 1 is 1.05 bits per heavy atom. The molecule has 0 aromatic heterocycles. The fraction of sp³-hybridized carbons (Fsp3) is 0.176. The molecule has 114 valence electrons. The summed E-state index contributed by atoms with van der Waals surface area (Å²) in [6.45, 7) is 4.84. The topological polar surface area (TPSA) is 55.4 Å². The quantitative estimate of drug-likeness (QED) is 0.683. The second-order valence-electron chi connectivity index (χ2n) is 4.83. The zero-order valence-corrected chi connectivity index (χ0v) is 13.5. The van der Waals surface area contributed by atoms with E-state index >= 15 is 0 Å². The molecule has 2 rings (SSSR count). The summed E-state index contributed by atoms with van der Waals surface area (Å²) in [6, 6.07) is 13.2. The number of esters is 1. The van der Waals surface area contributed by atoms with Gasteiger partial charge in [0.05, 0.1) is 0 Å². The summed E-state index contributed by atoms with van der Waals surface area (Å²) in [7, 11) is 0. The summed E-state index contributed by atoms with van der Waals surface area (Å²) < 4.78 is 5.06. The van der Waals surface area contributed by atoms with Crippen LogP contribution in [-0.4, -0.2) is 11.9 Å². The summed E-state index contributed by atoms with van der Waals surface area (Å²) in [6.07, 6.45) is 0. The van der Waals surface area contributed by atoms with Gasteiger partial charge in [-0.05, 0) is 55.0 Å². The van der Waals surface area contributed by atoms with Crippen LogP contribution in [0.5, 0.6) is 5.75 Å². The van der Waals surface area contributed by atoms with Crippen LogP contribution in [0.3, 0.4) is 0 Å². The zero-order valence-electron chi connectivity index (χ0n) is 12.7. The van der Waals surface area contributed by atoms with E-state index in [9.17, 15) is 9.59 Å². The van der Waals surface area contributed by atoms with Crippen molar-refractivity contribution in [3.05, 3.63) is 48.0 Å². The maximum Gasteiger partial charge on any atom is 0.308 e. The van der Waals surface area contributed by atoms with Crippen molar-refractivity contribution in [3.63, 3.8) is 0 Å². The molecule has 0 fully saturated rings. The standard InChI is InChI=1S/C17H17NO3S/c1-11-10-15(21-13(3)20)6-9-17(11)22-16-7-4-14(5-8-16)18-12(2)19/h4-10H,1-3H3,(H,18,19). The van der Waals surface area contributed by atoms with Crippen molar-refractivity contribution in [2.24, 2.45) is 0 Å². The van der Waals surface area contributed by atoms with Crippen molar-refractivity contribution in [1.82, 2.24) is 0 Å². The van der Waals surface area contributed by atoms with Gasteiger partial charge in [0, 0.05) is 29.3 Å². The van der Waals surface area contributed by atoms with Gasteiger partial charge in [-0.15, -0.1) is 0 Å². The molecule has 0 aliphatic carbocycles. The number of hydrogen-bond acceptors (Lipinski definition) is 4. The van der Waals surface area contributed by atoms with Crippen LogP contribution in [0.1, 0.15) is 19.4 Å². The Balaban J connectivity index is 2.10. The SMILES string of the molecule is CC(=O)Nc1ccc(Sc2ccc(OC(C)=O)cc2C)cc1. The maximum absolute atomic E-state index is 11.0. The van der Waals surface area contributed by atoms with E-state index in [0.29, 0.717) is 5.75 Å². The number of ether oxygens (including phenoxy) is 1. The minimum absolute atomic E-state index is 0.0858. The lowest BCUT2D eigenvalue weighted by atomic mass is 10.2. The molecule has 0 unspecified atom stereocenters. The Labute approximate surface area is 133 Å². The van der Waals surface area contributed by atoms with Crippen molar-refractivity contribution in [3.8, 4) is 5.75 Å². The third-order valence-corrected chi connectivity index (χ3v) is 4.00. The molecule has 0 saturated heterocycles. The molecule has 2 aromatic carbocycles. The van der Waals surface area contributed by atoms with Crippen LogP contribution in [0.2, 0.25) is 0 Å². The minimum atomic E-state index is -0.326. The number of rotatable bonds is 4. The van der Waals surface area contributed by atoms with Crippen molar-refractivity contribution >= 4 is 29.3 Å².